The molecule has 0 atom stereocenters. The molecule has 2 aromatic heterocycles. The molecule has 1 aromatic carbocycles. The number of para-hydroxylation sites is 1. The normalized spacial score (nSPS) is 11.0. The first kappa shape index (κ1) is 10.7. The van der Waals surface area contributed by atoms with E-state index in [1.807, 2.05) is 37.3 Å². The topological polar surface area (TPSA) is 52.7 Å². The van der Waals surface area contributed by atoms with Crippen LogP contribution in [0.25, 0.3) is 16.9 Å². The number of rotatable bonds is 1. The van der Waals surface area contributed by atoms with Crippen LogP contribution >= 0.6 is 0 Å². The highest BCUT2D eigenvalue weighted by atomic mass is 16.1. The van der Waals surface area contributed by atoms with Gasteiger partial charge in [-0.15, -0.1) is 0 Å². The van der Waals surface area contributed by atoms with Gasteiger partial charge in [0.05, 0.1) is 17.6 Å². The molecule has 0 aliphatic heterocycles. The second-order valence-electron chi connectivity index (χ2n) is 4.16. The Hall–Kier alpha value is -2.43. The summed E-state index contributed by atoms with van der Waals surface area (Å²) in [5.74, 6) is 0. The largest absolute Gasteiger partial charge is 0.293 e. The molecule has 0 aliphatic rings. The zero-order valence-electron chi connectivity index (χ0n) is 10.2. The molecule has 0 saturated heterocycles. The van der Waals surface area contributed by atoms with Crippen molar-refractivity contribution in [3.63, 3.8) is 0 Å². The van der Waals surface area contributed by atoms with Gasteiger partial charge in [-0.2, -0.15) is 5.10 Å². The fourth-order valence-corrected chi connectivity index (χ4v) is 2.02. The highest BCUT2D eigenvalue weighted by molar-refractivity contribution is 5.75. The van der Waals surface area contributed by atoms with E-state index in [2.05, 4.69) is 10.1 Å². The average Bonchev–Trinajstić information content (AvgIpc) is 2.73. The van der Waals surface area contributed by atoms with Crippen LogP contribution in [0.3, 0.4) is 0 Å². The fraction of sp³-hybridized carbons (Fsp3) is 0.154. The lowest BCUT2D eigenvalue weighted by atomic mass is 10.3. The van der Waals surface area contributed by atoms with E-state index in [1.165, 1.54) is 6.20 Å². The smallest absolute Gasteiger partial charge is 0.270 e. The molecule has 0 bridgehead atoms. The van der Waals surface area contributed by atoms with Crippen molar-refractivity contribution in [2.75, 3.05) is 0 Å². The van der Waals surface area contributed by atoms with Crippen LogP contribution in [0.2, 0.25) is 0 Å². The van der Waals surface area contributed by atoms with Crippen LogP contribution in [-0.4, -0.2) is 19.3 Å². The molecule has 0 saturated carbocycles. The van der Waals surface area contributed by atoms with Gasteiger partial charge in [0.15, 0.2) is 5.65 Å². The van der Waals surface area contributed by atoms with E-state index >= 15 is 0 Å². The molecular weight excluding hydrogens is 228 g/mol. The average molecular weight is 240 g/mol. The number of hydrogen-bond acceptors (Lipinski definition) is 3. The van der Waals surface area contributed by atoms with Gasteiger partial charge in [-0.3, -0.25) is 9.36 Å². The predicted octanol–water partition coefficient (Wildman–Crippen LogP) is 1.43. The van der Waals surface area contributed by atoms with Crippen LogP contribution in [-0.2, 0) is 7.05 Å². The van der Waals surface area contributed by atoms with Crippen molar-refractivity contribution < 1.29 is 0 Å². The third-order valence-corrected chi connectivity index (χ3v) is 2.96. The Morgan fingerprint density at radius 1 is 1.17 bits per heavy atom. The van der Waals surface area contributed by atoms with Gasteiger partial charge >= 0.3 is 0 Å². The number of fused-ring (bicyclic) bond motifs is 1. The number of hydrogen-bond donors (Lipinski definition) is 0. The minimum Gasteiger partial charge on any atom is -0.293 e. The van der Waals surface area contributed by atoms with Crippen molar-refractivity contribution in [1.82, 2.24) is 19.3 Å². The lowest BCUT2D eigenvalue weighted by molar-refractivity contribution is 0.808. The lowest BCUT2D eigenvalue weighted by Crippen LogP contribution is -2.18. The van der Waals surface area contributed by atoms with Gasteiger partial charge in [0.25, 0.3) is 5.56 Å². The number of benzene rings is 1. The number of aromatic nitrogens is 4. The molecular formula is C13H12N4O. The highest BCUT2D eigenvalue weighted by Gasteiger charge is 2.13. The van der Waals surface area contributed by atoms with E-state index < -0.39 is 0 Å². The molecule has 5 nitrogen and oxygen atoms in total. The van der Waals surface area contributed by atoms with Gasteiger partial charge in [0.1, 0.15) is 5.52 Å². The first-order chi connectivity index (χ1) is 8.68. The molecule has 0 spiro atoms. The SMILES string of the molecule is Cc1nn(-c2ccccc2)c2c1ncc(=O)n2C. The Kier molecular flexibility index (Phi) is 2.26. The first-order valence-electron chi connectivity index (χ1n) is 5.65. The van der Waals surface area contributed by atoms with Gasteiger partial charge in [0.2, 0.25) is 0 Å². The van der Waals surface area contributed by atoms with Gasteiger partial charge in [-0.05, 0) is 19.1 Å². The predicted molar refractivity (Wildman–Crippen MR) is 68.8 cm³/mol. The standard InChI is InChI=1S/C13H12N4O/c1-9-12-13(16(2)11(18)8-14-12)17(15-9)10-6-4-3-5-7-10/h3-8H,1-2H3. The summed E-state index contributed by atoms with van der Waals surface area (Å²) in [6.45, 7) is 1.89. The van der Waals surface area contributed by atoms with Crippen LogP contribution < -0.4 is 5.56 Å². The number of aryl methyl sites for hydroxylation is 2. The van der Waals surface area contributed by atoms with Crippen molar-refractivity contribution in [3.8, 4) is 5.69 Å². The molecule has 0 fully saturated rings. The number of nitrogens with zero attached hydrogens (tertiary/aromatic N) is 4. The molecule has 90 valence electrons. The molecule has 18 heavy (non-hydrogen) atoms. The fourth-order valence-electron chi connectivity index (χ4n) is 2.02. The third-order valence-electron chi connectivity index (χ3n) is 2.96. The molecule has 0 aliphatic carbocycles. The van der Waals surface area contributed by atoms with Crippen molar-refractivity contribution in [1.29, 1.82) is 0 Å². The molecule has 2 heterocycles. The van der Waals surface area contributed by atoms with E-state index in [1.54, 1.807) is 16.3 Å². The maximum absolute atomic E-state index is 11.7. The van der Waals surface area contributed by atoms with Gasteiger partial charge in [-0.25, -0.2) is 9.67 Å². The Labute approximate surface area is 103 Å². The minimum absolute atomic E-state index is 0.139. The Balaban J connectivity index is 2.44. The summed E-state index contributed by atoms with van der Waals surface area (Å²) in [7, 11) is 1.73. The summed E-state index contributed by atoms with van der Waals surface area (Å²) in [6, 6.07) is 9.71. The summed E-state index contributed by atoms with van der Waals surface area (Å²) in [5.41, 5.74) is 3.05. The summed E-state index contributed by atoms with van der Waals surface area (Å²) in [5, 5.41) is 4.46. The first-order valence-corrected chi connectivity index (χ1v) is 5.65. The molecule has 0 radical (unpaired) electrons. The van der Waals surface area contributed by atoms with Gasteiger partial charge in [-0.1, -0.05) is 18.2 Å². The quantitative estimate of drug-likeness (QED) is 0.646. The third kappa shape index (κ3) is 1.44. The zero-order valence-corrected chi connectivity index (χ0v) is 10.2. The van der Waals surface area contributed by atoms with E-state index in [0.29, 0.717) is 5.65 Å². The van der Waals surface area contributed by atoms with E-state index in [-0.39, 0.29) is 5.56 Å². The monoisotopic (exact) mass is 240 g/mol. The van der Waals surface area contributed by atoms with Crippen molar-refractivity contribution in [2.45, 2.75) is 6.92 Å². The molecule has 0 amide bonds. The minimum atomic E-state index is -0.139. The second kappa shape index (κ2) is 3.80. The zero-order chi connectivity index (χ0) is 12.7. The van der Waals surface area contributed by atoms with Crippen molar-refractivity contribution >= 4 is 11.2 Å². The summed E-state index contributed by atoms with van der Waals surface area (Å²) in [4.78, 5) is 15.9. The van der Waals surface area contributed by atoms with Crippen LogP contribution in [0.4, 0.5) is 0 Å². The molecule has 3 aromatic rings. The summed E-state index contributed by atoms with van der Waals surface area (Å²) in [6.07, 6.45) is 1.33. The Morgan fingerprint density at radius 2 is 1.89 bits per heavy atom. The van der Waals surface area contributed by atoms with Crippen LogP contribution in [0.5, 0.6) is 0 Å². The van der Waals surface area contributed by atoms with Gasteiger partial charge in [0, 0.05) is 7.05 Å². The van der Waals surface area contributed by atoms with E-state index in [9.17, 15) is 4.79 Å². The summed E-state index contributed by atoms with van der Waals surface area (Å²) < 4.78 is 3.31. The lowest BCUT2D eigenvalue weighted by Gasteiger charge is -2.05. The van der Waals surface area contributed by atoms with Crippen LogP contribution in [0.15, 0.2) is 41.3 Å². The highest BCUT2D eigenvalue weighted by Crippen LogP contribution is 2.17. The van der Waals surface area contributed by atoms with Crippen LogP contribution in [0.1, 0.15) is 5.69 Å². The summed E-state index contributed by atoms with van der Waals surface area (Å²) >= 11 is 0. The molecule has 0 unspecified atom stereocenters. The van der Waals surface area contributed by atoms with Crippen LogP contribution in [0, 0.1) is 6.92 Å². The van der Waals surface area contributed by atoms with E-state index in [4.69, 9.17) is 0 Å². The molecule has 5 heteroatoms. The molecule has 0 N–H and O–H groups in total. The van der Waals surface area contributed by atoms with Gasteiger partial charge < -0.3 is 0 Å². The van der Waals surface area contributed by atoms with E-state index in [0.717, 1.165) is 16.9 Å². The maximum atomic E-state index is 11.7. The Bertz CT molecular complexity index is 771. The van der Waals surface area contributed by atoms with Crippen molar-refractivity contribution in [3.05, 3.63) is 52.6 Å². The maximum Gasteiger partial charge on any atom is 0.270 e. The second-order valence-corrected chi connectivity index (χ2v) is 4.16. The van der Waals surface area contributed by atoms with Crippen molar-refractivity contribution in [2.24, 2.45) is 7.05 Å². The Morgan fingerprint density at radius 3 is 2.61 bits per heavy atom. The molecule has 3 rings (SSSR count).